The molecule has 9 nitrogen and oxygen atoms in total. The van der Waals surface area contributed by atoms with Gasteiger partial charge in [-0.25, -0.2) is 8.42 Å². The first-order valence-electron chi connectivity index (χ1n) is 8.71. The third-order valence-corrected chi connectivity index (χ3v) is 6.93. The Morgan fingerprint density at radius 1 is 1.21 bits per heavy atom. The molecular formula is C18H20N4O5S2. The summed E-state index contributed by atoms with van der Waals surface area (Å²) in [6.45, 7) is 1.03. The number of morpholine rings is 1. The summed E-state index contributed by atoms with van der Waals surface area (Å²) in [5.74, 6) is 0. The van der Waals surface area contributed by atoms with Crippen LogP contribution >= 0.6 is 11.8 Å². The van der Waals surface area contributed by atoms with Crippen LogP contribution in [0.25, 0.3) is 0 Å². The molecule has 2 aromatic carbocycles. The molecule has 1 heterocycles. The highest BCUT2D eigenvalue weighted by atomic mass is 32.2. The molecule has 0 radical (unpaired) electrons. The van der Waals surface area contributed by atoms with Crippen molar-refractivity contribution in [2.75, 3.05) is 38.0 Å². The molecule has 154 valence electrons. The first-order chi connectivity index (χ1) is 13.9. The first kappa shape index (κ1) is 21.2. The second-order valence-corrected chi connectivity index (χ2v) is 8.91. The Kier molecular flexibility index (Phi) is 6.85. The standard InChI is InChI=1S/C18H20N4O5S2/c1-28-15-4-2-14(3-5-15)13-19-20-17-7-6-16(12-18(17)22(23)24)29(25,26)21-8-10-27-11-9-21/h2-7,12-13,20H,8-11H2,1H3/b19-13-. The van der Waals surface area contributed by atoms with Crippen LogP contribution in [-0.2, 0) is 14.8 Å². The Morgan fingerprint density at radius 2 is 1.90 bits per heavy atom. The third kappa shape index (κ3) is 5.12. The number of ether oxygens (including phenoxy) is 1. The number of hydrazone groups is 1. The van der Waals surface area contributed by atoms with Crippen LogP contribution in [0.1, 0.15) is 5.56 Å². The van der Waals surface area contributed by atoms with Crippen LogP contribution in [-0.4, -0.2) is 56.4 Å². The molecule has 1 fully saturated rings. The summed E-state index contributed by atoms with van der Waals surface area (Å²) < 4.78 is 31.9. The molecule has 1 saturated heterocycles. The number of anilines is 1. The highest BCUT2D eigenvalue weighted by Crippen LogP contribution is 2.29. The Hall–Kier alpha value is -2.47. The fraction of sp³-hybridized carbons (Fsp3) is 0.278. The number of hydrogen-bond donors (Lipinski definition) is 1. The summed E-state index contributed by atoms with van der Waals surface area (Å²) in [6, 6.07) is 11.4. The van der Waals surface area contributed by atoms with Gasteiger partial charge in [0, 0.05) is 24.1 Å². The smallest absolute Gasteiger partial charge is 0.295 e. The Morgan fingerprint density at radius 3 is 2.52 bits per heavy atom. The number of nitrogens with one attached hydrogen (secondary N) is 1. The monoisotopic (exact) mass is 436 g/mol. The molecule has 29 heavy (non-hydrogen) atoms. The molecule has 0 bridgehead atoms. The zero-order valence-corrected chi connectivity index (χ0v) is 17.3. The maximum Gasteiger partial charge on any atom is 0.295 e. The van der Waals surface area contributed by atoms with Gasteiger partial charge in [0.15, 0.2) is 0 Å². The molecule has 0 amide bonds. The maximum atomic E-state index is 12.7. The number of thioether (sulfide) groups is 1. The van der Waals surface area contributed by atoms with Crippen LogP contribution in [0.4, 0.5) is 11.4 Å². The summed E-state index contributed by atoms with van der Waals surface area (Å²) in [5, 5.41) is 15.5. The van der Waals surface area contributed by atoms with E-state index in [-0.39, 0.29) is 29.4 Å². The van der Waals surface area contributed by atoms with Crippen molar-refractivity contribution < 1.29 is 18.1 Å². The lowest BCUT2D eigenvalue weighted by Crippen LogP contribution is -2.40. The van der Waals surface area contributed by atoms with E-state index in [0.29, 0.717) is 13.2 Å². The predicted octanol–water partition coefficient (Wildman–Crippen LogP) is 2.78. The van der Waals surface area contributed by atoms with E-state index in [9.17, 15) is 18.5 Å². The zero-order chi connectivity index (χ0) is 20.9. The van der Waals surface area contributed by atoms with E-state index < -0.39 is 14.9 Å². The molecule has 11 heteroatoms. The van der Waals surface area contributed by atoms with Crippen molar-refractivity contribution >= 4 is 39.4 Å². The molecule has 3 rings (SSSR count). The van der Waals surface area contributed by atoms with E-state index in [0.717, 1.165) is 16.5 Å². The van der Waals surface area contributed by atoms with Crippen LogP contribution in [0.15, 0.2) is 57.4 Å². The number of nitrogens with zero attached hydrogens (tertiary/aromatic N) is 3. The minimum absolute atomic E-state index is 0.105. The minimum Gasteiger partial charge on any atom is -0.379 e. The van der Waals surface area contributed by atoms with Crippen molar-refractivity contribution in [3.05, 3.63) is 58.1 Å². The zero-order valence-electron chi connectivity index (χ0n) is 15.6. The lowest BCUT2D eigenvalue weighted by molar-refractivity contribution is -0.384. The highest BCUT2D eigenvalue weighted by molar-refractivity contribution is 7.98. The molecule has 1 aliphatic heterocycles. The van der Waals surface area contributed by atoms with Crippen LogP contribution in [0.3, 0.4) is 0 Å². The second kappa shape index (κ2) is 9.35. The number of hydrogen-bond acceptors (Lipinski definition) is 8. The van der Waals surface area contributed by atoms with Gasteiger partial charge in [0.2, 0.25) is 10.0 Å². The van der Waals surface area contributed by atoms with E-state index >= 15 is 0 Å². The van der Waals surface area contributed by atoms with Crippen molar-refractivity contribution in [1.82, 2.24) is 4.31 Å². The topological polar surface area (TPSA) is 114 Å². The average molecular weight is 437 g/mol. The van der Waals surface area contributed by atoms with Gasteiger partial charge < -0.3 is 4.74 Å². The van der Waals surface area contributed by atoms with E-state index in [1.807, 2.05) is 30.5 Å². The molecular weight excluding hydrogens is 416 g/mol. The van der Waals surface area contributed by atoms with Gasteiger partial charge in [-0.15, -0.1) is 11.8 Å². The summed E-state index contributed by atoms with van der Waals surface area (Å²) in [7, 11) is -3.82. The van der Waals surface area contributed by atoms with Crippen LogP contribution in [0, 0.1) is 10.1 Å². The van der Waals surface area contributed by atoms with Crippen LogP contribution in [0.5, 0.6) is 0 Å². The summed E-state index contributed by atoms with van der Waals surface area (Å²) in [6.07, 6.45) is 3.51. The van der Waals surface area contributed by atoms with Crippen molar-refractivity contribution in [3.8, 4) is 0 Å². The predicted molar refractivity (Wildman–Crippen MR) is 112 cm³/mol. The quantitative estimate of drug-likeness (QED) is 0.307. The Balaban J connectivity index is 1.80. The van der Waals surface area contributed by atoms with Gasteiger partial charge in [-0.3, -0.25) is 15.5 Å². The first-order valence-corrected chi connectivity index (χ1v) is 11.4. The Labute approximate surface area is 172 Å². The summed E-state index contributed by atoms with van der Waals surface area (Å²) >= 11 is 1.62. The van der Waals surface area contributed by atoms with E-state index in [2.05, 4.69) is 10.5 Å². The molecule has 0 saturated carbocycles. The molecule has 0 aromatic heterocycles. The molecule has 0 atom stereocenters. The lowest BCUT2D eigenvalue weighted by atomic mass is 10.2. The van der Waals surface area contributed by atoms with Crippen molar-refractivity contribution in [2.45, 2.75) is 9.79 Å². The van der Waals surface area contributed by atoms with Gasteiger partial charge in [0.1, 0.15) is 5.69 Å². The molecule has 2 aromatic rings. The van der Waals surface area contributed by atoms with Gasteiger partial charge in [-0.1, -0.05) is 12.1 Å². The average Bonchev–Trinajstić information content (AvgIpc) is 2.74. The lowest BCUT2D eigenvalue weighted by Gasteiger charge is -2.26. The Bertz CT molecular complexity index is 1000. The van der Waals surface area contributed by atoms with Crippen LogP contribution < -0.4 is 5.43 Å². The fourth-order valence-electron chi connectivity index (χ4n) is 2.72. The molecule has 0 spiro atoms. The number of benzene rings is 2. The number of nitro benzene ring substituents is 1. The van der Waals surface area contributed by atoms with Gasteiger partial charge in [-0.2, -0.15) is 9.41 Å². The number of sulfonamides is 1. The second-order valence-electron chi connectivity index (χ2n) is 6.10. The van der Waals surface area contributed by atoms with Gasteiger partial charge in [0.05, 0.1) is 29.2 Å². The fourth-order valence-corrected chi connectivity index (χ4v) is 4.56. The maximum absolute atomic E-state index is 12.7. The number of nitro groups is 1. The van der Waals surface area contributed by atoms with Gasteiger partial charge >= 0.3 is 0 Å². The molecule has 0 aliphatic carbocycles. The molecule has 1 aliphatic rings. The summed E-state index contributed by atoms with van der Waals surface area (Å²) in [4.78, 5) is 11.8. The van der Waals surface area contributed by atoms with E-state index in [1.54, 1.807) is 11.8 Å². The van der Waals surface area contributed by atoms with E-state index in [4.69, 9.17) is 4.74 Å². The van der Waals surface area contributed by atoms with Crippen molar-refractivity contribution in [3.63, 3.8) is 0 Å². The summed E-state index contributed by atoms with van der Waals surface area (Å²) in [5.41, 5.74) is 3.19. The van der Waals surface area contributed by atoms with E-state index in [1.165, 1.54) is 22.7 Å². The minimum atomic E-state index is -3.82. The van der Waals surface area contributed by atoms with Gasteiger partial charge in [-0.05, 0) is 36.1 Å². The largest absolute Gasteiger partial charge is 0.379 e. The SMILES string of the molecule is CSc1ccc(/C=N\Nc2ccc(S(=O)(=O)N3CCOCC3)cc2[N+](=O)[O-])cc1. The van der Waals surface area contributed by atoms with Crippen LogP contribution in [0.2, 0.25) is 0 Å². The van der Waals surface area contributed by atoms with Crippen molar-refractivity contribution in [2.24, 2.45) is 5.10 Å². The normalized spacial score (nSPS) is 15.5. The highest BCUT2D eigenvalue weighted by Gasteiger charge is 2.28. The molecule has 1 N–H and O–H groups in total. The molecule has 0 unspecified atom stereocenters. The van der Waals surface area contributed by atoms with Gasteiger partial charge in [0.25, 0.3) is 5.69 Å². The number of rotatable bonds is 7. The van der Waals surface area contributed by atoms with Crippen molar-refractivity contribution in [1.29, 1.82) is 0 Å². The third-order valence-electron chi connectivity index (χ3n) is 4.29.